The van der Waals surface area contributed by atoms with Crippen molar-refractivity contribution >= 4 is 43.1 Å². The Morgan fingerprint density at radius 1 is 0.435 bits per heavy atom. The minimum absolute atomic E-state index is 0.336. The first-order valence-electron chi connectivity index (χ1n) is 7.77. The molecule has 0 saturated heterocycles. The summed E-state index contributed by atoms with van der Waals surface area (Å²) in [5.41, 5.74) is 0. The highest BCUT2D eigenvalue weighted by Gasteiger charge is 2.07. The van der Waals surface area contributed by atoms with Crippen LogP contribution >= 0.6 is 0 Å². The Balaban J connectivity index is 2.01. The SMILES string of the molecule is Oc1cccc2c1ccc1cc3c(ccc4ccccc43)cc12. The number of benzene rings is 5. The van der Waals surface area contributed by atoms with Crippen LogP contribution in [0, 0.1) is 0 Å². The van der Waals surface area contributed by atoms with Crippen LogP contribution in [0.5, 0.6) is 5.75 Å². The van der Waals surface area contributed by atoms with Gasteiger partial charge in [0, 0.05) is 5.39 Å². The third-order valence-corrected chi connectivity index (χ3v) is 4.72. The number of fused-ring (bicyclic) bond motifs is 6. The molecule has 0 fully saturated rings. The molecule has 5 rings (SSSR count). The molecule has 0 unspecified atom stereocenters. The summed E-state index contributed by atoms with van der Waals surface area (Å²) >= 11 is 0. The van der Waals surface area contributed by atoms with Crippen LogP contribution in [0.15, 0.2) is 78.9 Å². The van der Waals surface area contributed by atoms with Gasteiger partial charge in [-0.2, -0.15) is 0 Å². The third kappa shape index (κ3) is 1.74. The molecule has 0 atom stereocenters. The van der Waals surface area contributed by atoms with Gasteiger partial charge < -0.3 is 5.11 Å². The van der Waals surface area contributed by atoms with Gasteiger partial charge in [0.1, 0.15) is 5.75 Å². The highest BCUT2D eigenvalue weighted by Crippen LogP contribution is 2.35. The summed E-state index contributed by atoms with van der Waals surface area (Å²) in [6, 6.07) is 27.2. The van der Waals surface area contributed by atoms with E-state index < -0.39 is 0 Å². The van der Waals surface area contributed by atoms with Crippen molar-refractivity contribution in [3.05, 3.63) is 78.9 Å². The van der Waals surface area contributed by atoms with E-state index in [4.69, 9.17) is 0 Å². The maximum atomic E-state index is 10.1. The van der Waals surface area contributed by atoms with E-state index in [9.17, 15) is 5.11 Å². The molecule has 108 valence electrons. The molecule has 1 nitrogen and oxygen atoms in total. The summed E-state index contributed by atoms with van der Waals surface area (Å²) in [7, 11) is 0. The number of hydrogen-bond acceptors (Lipinski definition) is 1. The molecule has 0 heterocycles. The highest BCUT2D eigenvalue weighted by atomic mass is 16.3. The van der Waals surface area contributed by atoms with Crippen molar-refractivity contribution in [3.63, 3.8) is 0 Å². The third-order valence-electron chi connectivity index (χ3n) is 4.72. The largest absolute Gasteiger partial charge is 0.507 e. The summed E-state index contributed by atoms with van der Waals surface area (Å²) in [5, 5.41) is 19.5. The van der Waals surface area contributed by atoms with Gasteiger partial charge >= 0.3 is 0 Å². The lowest BCUT2D eigenvalue weighted by Gasteiger charge is -2.09. The molecule has 0 amide bonds. The average molecular weight is 294 g/mol. The zero-order chi connectivity index (χ0) is 15.4. The van der Waals surface area contributed by atoms with E-state index >= 15 is 0 Å². The lowest BCUT2D eigenvalue weighted by Crippen LogP contribution is -1.82. The Labute approximate surface area is 133 Å². The van der Waals surface area contributed by atoms with Crippen LogP contribution in [0.4, 0.5) is 0 Å². The van der Waals surface area contributed by atoms with E-state index in [0.29, 0.717) is 5.75 Å². The van der Waals surface area contributed by atoms with Gasteiger partial charge in [0.05, 0.1) is 0 Å². The number of aromatic hydroxyl groups is 1. The fourth-order valence-electron chi connectivity index (χ4n) is 3.58. The molecule has 0 aliphatic heterocycles. The Hall–Kier alpha value is -3.06. The van der Waals surface area contributed by atoms with E-state index in [-0.39, 0.29) is 0 Å². The lowest BCUT2D eigenvalue weighted by atomic mass is 9.95. The van der Waals surface area contributed by atoms with Gasteiger partial charge in [-0.1, -0.05) is 60.7 Å². The van der Waals surface area contributed by atoms with Crippen molar-refractivity contribution in [2.24, 2.45) is 0 Å². The van der Waals surface area contributed by atoms with E-state index in [1.54, 1.807) is 6.07 Å². The molecular formula is C22H14O. The van der Waals surface area contributed by atoms with Crippen molar-refractivity contribution in [2.45, 2.75) is 0 Å². The minimum Gasteiger partial charge on any atom is -0.507 e. The summed E-state index contributed by atoms with van der Waals surface area (Å²) in [6.45, 7) is 0. The number of phenols is 1. The van der Waals surface area contributed by atoms with Gasteiger partial charge in [-0.3, -0.25) is 0 Å². The normalized spacial score (nSPS) is 11.7. The second-order valence-electron chi connectivity index (χ2n) is 6.02. The van der Waals surface area contributed by atoms with Crippen LogP contribution < -0.4 is 0 Å². The zero-order valence-electron chi connectivity index (χ0n) is 12.5. The fraction of sp³-hybridized carbons (Fsp3) is 0. The van der Waals surface area contributed by atoms with Gasteiger partial charge in [-0.05, 0) is 55.9 Å². The van der Waals surface area contributed by atoms with Crippen LogP contribution in [0.25, 0.3) is 43.1 Å². The summed E-state index contributed by atoms with van der Waals surface area (Å²) in [6.07, 6.45) is 0. The summed E-state index contributed by atoms with van der Waals surface area (Å²) in [5.74, 6) is 0.336. The first kappa shape index (κ1) is 12.5. The molecule has 0 spiro atoms. The monoisotopic (exact) mass is 294 g/mol. The second-order valence-corrected chi connectivity index (χ2v) is 6.02. The predicted octanol–water partition coefficient (Wildman–Crippen LogP) is 6.01. The highest BCUT2D eigenvalue weighted by molar-refractivity contribution is 6.17. The molecule has 0 aromatic heterocycles. The van der Waals surface area contributed by atoms with Crippen LogP contribution in [0.3, 0.4) is 0 Å². The van der Waals surface area contributed by atoms with E-state index in [0.717, 1.165) is 10.8 Å². The molecule has 1 N–H and O–H groups in total. The van der Waals surface area contributed by atoms with Crippen molar-refractivity contribution in [1.82, 2.24) is 0 Å². The molecule has 0 aliphatic rings. The zero-order valence-corrected chi connectivity index (χ0v) is 12.5. The minimum atomic E-state index is 0.336. The molecule has 23 heavy (non-hydrogen) atoms. The fourth-order valence-corrected chi connectivity index (χ4v) is 3.58. The van der Waals surface area contributed by atoms with Crippen molar-refractivity contribution in [1.29, 1.82) is 0 Å². The van der Waals surface area contributed by atoms with Crippen molar-refractivity contribution in [3.8, 4) is 5.75 Å². The number of phenolic OH excluding ortho intramolecular Hbond substituents is 1. The van der Waals surface area contributed by atoms with E-state index in [2.05, 4.69) is 60.7 Å². The quantitative estimate of drug-likeness (QED) is 0.274. The Kier molecular flexibility index (Phi) is 2.42. The lowest BCUT2D eigenvalue weighted by molar-refractivity contribution is 0.481. The van der Waals surface area contributed by atoms with Gasteiger partial charge in [-0.15, -0.1) is 0 Å². The molecule has 5 aromatic rings. The summed E-state index contributed by atoms with van der Waals surface area (Å²) < 4.78 is 0. The standard InChI is InChI=1S/C22H14O/c23-22-7-3-6-18-19(22)11-10-16-12-20-15(13-21(16)18)9-8-14-4-1-2-5-17(14)20/h1-13,23H. The Morgan fingerprint density at radius 3 is 1.96 bits per heavy atom. The second kappa shape index (κ2) is 4.47. The first-order chi connectivity index (χ1) is 11.3. The van der Waals surface area contributed by atoms with Crippen LogP contribution in [0.1, 0.15) is 0 Å². The van der Waals surface area contributed by atoms with Gasteiger partial charge in [0.2, 0.25) is 0 Å². The molecule has 1 heteroatoms. The van der Waals surface area contributed by atoms with Gasteiger partial charge in [-0.25, -0.2) is 0 Å². The van der Waals surface area contributed by atoms with Crippen molar-refractivity contribution < 1.29 is 5.11 Å². The molecule has 5 aromatic carbocycles. The average Bonchev–Trinajstić information content (AvgIpc) is 2.60. The predicted molar refractivity (Wildman–Crippen MR) is 98.1 cm³/mol. The van der Waals surface area contributed by atoms with Crippen molar-refractivity contribution in [2.75, 3.05) is 0 Å². The molecular weight excluding hydrogens is 280 g/mol. The first-order valence-corrected chi connectivity index (χ1v) is 7.77. The Bertz CT molecular complexity index is 1220. The van der Waals surface area contributed by atoms with E-state index in [1.807, 2.05) is 12.1 Å². The van der Waals surface area contributed by atoms with Crippen LogP contribution in [-0.4, -0.2) is 5.11 Å². The van der Waals surface area contributed by atoms with Gasteiger partial charge in [0.15, 0.2) is 0 Å². The molecule has 0 aliphatic carbocycles. The maximum Gasteiger partial charge on any atom is 0.123 e. The molecule has 0 radical (unpaired) electrons. The smallest absolute Gasteiger partial charge is 0.123 e. The van der Waals surface area contributed by atoms with Crippen LogP contribution in [-0.2, 0) is 0 Å². The molecule has 0 saturated carbocycles. The van der Waals surface area contributed by atoms with Gasteiger partial charge in [0.25, 0.3) is 0 Å². The van der Waals surface area contributed by atoms with E-state index in [1.165, 1.54) is 32.3 Å². The topological polar surface area (TPSA) is 20.2 Å². The molecule has 0 bridgehead atoms. The number of hydrogen-bond donors (Lipinski definition) is 1. The summed E-state index contributed by atoms with van der Waals surface area (Å²) in [4.78, 5) is 0. The Morgan fingerprint density at radius 2 is 1.09 bits per heavy atom. The maximum absolute atomic E-state index is 10.1. The van der Waals surface area contributed by atoms with Crippen LogP contribution in [0.2, 0.25) is 0 Å². The number of rotatable bonds is 0.